The molecular formula is C20H33BrN4O3Si. The molecule has 0 saturated carbocycles. The number of fused-ring (bicyclic) bond motifs is 6. The Balaban J connectivity index is 1.20. The van der Waals surface area contributed by atoms with Gasteiger partial charge in [0.25, 0.3) is 0 Å². The molecule has 9 heteroatoms. The van der Waals surface area contributed by atoms with Crippen LogP contribution >= 0.6 is 15.9 Å². The van der Waals surface area contributed by atoms with E-state index in [0.717, 1.165) is 94.7 Å². The molecule has 3 heterocycles. The molecule has 3 aliphatic heterocycles. The Hall–Kier alpha value is -0.653. The fourth-order valence-corrected chi connectivity index (χ4v) is 6.30. The highest BCUT2D eigenvalue weighted by atomic mass is 79.9. The number of nitrogens with one attached hydrogen (secondary N) is 2. The van der Waals surface area contributed by atoms with Gasteiger partial charge in [-0.1, -0.05) is 34.1 Å². The van der Waals surface area contributed by atoms with Gasteiger partial charge in [0.2, 0.25) is 0 Å². The molecule has 3 fully saturated rings. The van der Waals surface area contributed by atoms with Gasteiger partial charge in [0.1, 0.15) is 0 Å². The molecule has 162 valence electrons. The molecule has 0 atom stereocenters. The SMILES string of the molecule is Brc1ccccc1C=NCCNCCNCCC[Si]12OCCN(CCO1)CCO2. The number of hydrogen-bond donors (Lipinski definition) is 2. The molecule has 0 aliphatic carbocycles. The first-order chi connectivity index (χ1) is 14.3. The van der Waals surface area contributed by atoms with Crippen LogP contribution in [0.3, 0.4) is 0 Å². The van der Waals surface area contributed by atoms with Crippen LogP contribution in [0.5, 0.6) is 0 Å². The van der Waals surface area contributed by atoms with Gasteiger partial charge in [-0.3, -0.25) is 9.89 Å². The average molecular weight is 485 g/mol. The van der Waals surface area contributed by atoms with E-state index in [1.807, 2.05) is 24.4 Å². The highest BCUT2D eigenvalue weighted by Gasteiger charge is 2.43. The van der Waals surface area contributed by atoms with Crippen molar-refractivity contribution in [2.45, 2.75) is 12.5 Å². The minimum absolute atomic E-state index is 0.729. The Morgan fingerprint density at radius 2 is 1.62 bits per heavy atom. The van der Waals surface area contributed by atoms with Crippen LogP contribution in [-0.4, -0.2) is 92.1 Å². The Labute approximate surface area is 183 Å². The summed E-state index contributed by atoms with van der Waals surface area (Å²) >= 11 is 3.53. The Kier molecular flexibility index (Phi) is 10.2. The number of aliphatic imine (C=N–C) groups is 1. The molecule has 1 aromatic rings. The van der Waals surface area contributed by atoms with E-state index >= 15 is 0 Å². The molecule has 3 aliphatic rings. The number of halogens is 1. The quantitative estimate of drug-likeness (QED) is 0.283. The van der Waals surface area contributed by atoms with E-state index in [9.17, 15) is 0 Å². The molecule has 3 saturated heterocycles. The zero-order valence-electron chi connectivity index (χ0n) is 17.1. The lowest BCUT2D eigenvalue weighted by Crippen LogP contribution is -2.55. The Bertz CT molecular complexity index is 611. The van der Waals surface area contributed by atoms with Crippen LogP contribution in [0.4, 0.5) is 0 Å². The largest absolute Gasteiger partial charge is 0.501 e. The molecule has 0 aromatic heterocycles. The summed E-state index contributed by atoms with van der Waals surface area (Å²) in [6.45, 7) is 9.68. The van der Waals surface area contributed by atoms with Crippen molar-refractivity contribution in [3.05, 3.63) is 34.3 Å². The summed E-state index contributed by atoms with van der Waals surface area (Å²) in [5.41, 5.74) is 1.11. The maximum absolute atomic E-state index is 6.06. The van der Waals surface area contributed by atoms with Crippen LogP contribution in [0.2, 0.25) is 6.04 Å². The third-order valence-corrected chi connectivity index (χ3v) is 8.68. The maximum Gasteiger partial charge on any atom is 0.501 e. The first kappa shape index (κ1) is 23.0. The second-order valence-corrected chi connectivity index (χ2v) is 10.8. The van der Waals surface area contributed by atoms with Crippen LogP contribution in [0.15, 0.2) is 33.7 Å². The van der Waals surface area contributed by atoms with Gasteiger partial charge in [-0.2, -0.15) is 0 Å². The van der Waals surface area contributed by atoms with Gasteiger partial charge in [-0.05, 0) is 19.0 Å². The van der Waals surface area contributed by atoms with E-state index in [1.165, 1.54) is 0 Å². The summed E-state index contributed by atoms with van der Waals surface area (Å²) in [4.78, 5) is 6.81. The van der Waals surface area contributed by atoms with Crippen molar-refractivity contribution >= 4 is 30.9 Å². The summed E-state index contributed by atoms with van der Waals surface area (Å²) < 4.78 is 19.3. The van der Waals surface area contributed by atoms with E-state index in [1.54, 1.807) is 0 Å². The van der Waals surface area contributed by atoms with Crippen LogP contribution < -0.4 is 10.6 Å². The van der Waals surface area contributed by atoms with Gasteiger partial charge < -0.3 is 23.9 Å². The van der Waals surface area contributed by atoms with Gasteiger partial charge in [0.15, 0.2) is 0 Å². The minimum Gasteiger partial charge on any atom is -0.372 e. The fourth-order valence-electron chi connectivity index (χ4n) is 3.41. The van der Waals surface area contributed by atoms with Crippen molar-refractivity contribution < 1.29 is 13.3 Å². The van der Waals surface area contributed by atoms with Crippen LogP contribution in [0.25, 0.3) is 0 Å². The molecule has 0 radical (unpaired) electrons. The van der Waals surface area contributed by atoms with Gasteiger partial charge in [-0.15, -0.1) is 0 Å². The van der Waals surface area contributed by atoms with E-state index in [0.29, 0.717) is 0 Å². The lowest BCUT2D eigenvalue weighted by atomic mass is 10.2. The first-order valence-electron chi connectivity index (χ1n) is 10.6. The lowest BCUT2D eigenvalue weighted by Gasteiger charge is -2.38. The predicted octanol–water partition coefficient (Wildman–Crippen LogP) is 1.76. The molecule has 2 bridgehead atoms. The first-order valence-corrected chi connectivity index (χ1v) is 13.3. The monoisotopic (exact) mass is 484 g/mol. The van der Waals surface area contributed by atoms with E-state index in [2.05, 4.69) is 42.5 Å². The molecule has 2 N–H and O–H groups in total. The molecular weight excluding hydrogens is 452 g/mol. The molecule has 0 amide bonds. The van der Waals surface area contributed by atoms with Crippen molar-refractivity contribution in [3.8, 4) is 0 Å². The normalized spacial score (nSPS) is 25.1. The minimum atomic E-state index is -2.45. The zero-order chi connectivity index (χ0) is 20.2. The Morgan fingerprint density at radius 3 is 2.31 bits per heavy atom. The molecule has 4 rings (SSSR count). The summed E-state index contributed by atoms with van der Waals surface area (Å²) in [6, 6.07) is 9.00. The number of nitrogens with zero attached hydrogens (tertiary/aromatic N) is 2. The Morgan fingerprint density at radius 1 is 0.966 bits per heavy atom. The molecule has 7 nitrogen and oxygen atoms in total. The topological polar surface area (TPSA) is 67.4 Å². The van der Waals surface area contributed by atoms with Crippen molar-refractivity contribution in [3.63, 3.8) is 0 Å². The van der Waals surface area contributed by atoms with Crippen LogP contribution in [0, 0.1) is 0 Å². The smallest absolute Gasteiger partial charge is 0.372 e. The predicted molar refractivity (Wildman–Crippen MR) is 122 cm³/mol. The van der Waals surface area contributed by atoms with Crippen molar-refractivity contribution in [2.75, 3.05) is 72.2 Å². The van der Waals surface area contributed by atoms with Crippen LogP contribution in [0.1, 0.15) is 12.0 Å². The van der Waals surface area contributed by atoms with E-state index in [4.69, 9.17) is 13.3 Å². The summed E-state index contributed by atoms with van der Waals surface area (Å²) in [7, 11) is -2.45. The summed E-state index contributed by atoms with van der Waals surface area (Å²) in [5, 5.41) is 6.90. The van der Waals surface area contributed by atoms with Crippen LogP contribution in [-0.2, 0) is 13.3 Å². The summed E-state index contributed by atoms with van der Waals surface area (Å²) in [6.07, 6.45) is 2.94. The molecule has 0 spiro atoms. The van der Waals surface area contributed by atoms with Crippen molar-refractivity contribution in [1.29, 1.82) is 0 Å². The summed E-state index contributed by atoms with van der Waals surface area (Å²) in [5.74, 6) is 0. The van der Waals surface area contributed by atoms with Crippen molar-refractivity contribution in [2.24, 2.45) is 4.99 Å². The maximum atomic E-state index is 6.06. The highest BCUT2D eigenvalue weighted by molar-refractivity contribution is 9.10. The average Bonchev–Trinajstić information content (AvgIpc) is 2.67. The van der Waals surface area contributed by atoms with Gasteiger partial charge in [0.05, 0.1) is 26.4 Å². The number of hydrogen-bond acceptors (Lipinski definition) is 7. The second-order valence-electron chi connectivity index (χ2n) is 7.23. The molecule has 29 heavy (non-hydrogen) atoms. The van der Waals surface area contributed by atoms with Gasteiger partial charge >= 0.3 is 8.80 Å². The van der Waals surface area contributed by atoms with E-state index < -0.39 is 8.80 Å². The third kappa shape index (κ3) is 8.18. The number of benzene rings is 1. The fraction of sp³-hybridized carbons (Fsp3) is 0.650. The zero-order valence-corrected chi connectivity index (χ0v) is 19.7. The lowest BCUT2D eigenvalue weighted by molar-refractivity contribution is -0.00849. The third-order valence-electron chi connectivity index (χ3n) is 5.06. The van der Waals surface area contributed by atoms with E-state index in [-0.39, 0.29) is 0 Å². The van der Waals surface area contributed by atoms with Gasteiger partial charge in [0, 0.05) is 61.6 Å². The second kappa shape index (κ2) is 12.9. The molecule has 1 aromatic carbocycles. The van der Waals surface area contributed by atoms with Crippen molar-refractivity contribution in [1.82, 2.24) is 15.5 Å². The highest BCUT2D eigenvalue weighted by Crippen LogP contribution is 2.21. The van der Waals surface area contributed by atoms with Gasteiger partial charge in [-0.25, -0.2) is 0 Å². The number of rotatable bonds is 11. The molecule has 0 unspecified atom stereocenters. The standard InChI is InChI=1S/C20H33BrN4O3Si/c21-20-5-2-1-4-19(20)18-24-10-9-23-8-7-22-6-3-17-29-26-14-11-25(12-15-27-29)13-16-28-29/h1-2,4-5,18,22-23H,3,6-17H2.